The number of para-hydroxylation sites is 1. The van der Waals surface area contributed by atoms with Gasteiger partial charge in [-0.3, -0.25) is 9.78 Å². The quantitative estimate of drug-likeness (QED) is 0.367. The number of amides is 1. The first-order chi connectivity index (χ1) is 17.0. The molecule has 1 aromatic carbocycles. The van der Waals surface area contributed by atoms with E-state index in [9.17, 15) is 9.18 Å². The van der Waals surface area contributed by atoms with Crippen LogP contribution in [-0.2, 0) is 0 Å². The summed E-state index contributed by atoms with van der Waals surface area (Å²) in [6.07, 6.45) is 2.54. The predicted molar refractivity (Wildman–Crippen MR) is 141 cm³/mol. The number of carbonyl (C=O) groups excluding carboxylic acids is 1. The van der Waals surface area contributed by atoms with E-state index in [1.807, 2.05) is 13.0 Å². The van der Waals surface area contributed by atoms with Crippen molar-refractivity contribution in [2.45, 2.75) is 12.8 Å². The number of nitrogens with one attached hydrogen (secondary N) is 2. The molecule has 0 aliphatic heterocycles. The number of rotatable bonds is 8. The summed E-state index contributed by atoms with van der Waals surface area (Å²) in [6, 6.07) is 10.8. The van der Waals surface area contributed by atoms with E-state index in [-0.39, 0.29) is 25.0 Å². The van der Waals surface area contributed by atoms with Crippen LogP contribution in [0, 0.1) is 5.82 Å². The van der Waals surface area contributed by atoms with Crippen LogP contribution in [-0.4, -0.2) is 53.7 Å². The molecule has 0 saturated carbocycles. The molecule has 11 heteroatoms. The van der Waals surface area contributed by atoms with Crippen molar-refractivity contribution >= 4 is 36.1 Å². The Balaban J connectivity index is 0.00000361. The summed E-state index contributed by atoms with van der Waals surface area (Å²) in [7, 11) is 4.55. The smallest absolute Gasteiger partial charge is 0.257 e. The number of hydrogen-bond donors (Lipinski definition) is 2. The van der Waals surface area contributed by atoms with Gasteiger partial charge in [-0.25, -0.2) is 19.3 Å². The highest BCUT2D eigenvalue weighted by atomic mass is 32.1. The summed E-state index contributed by atoms with van der Waals surface area (Å²) in [5.41, 5.74) is 2.69. The van der Waals surface area contributed by atoms with E-state index in [2.05, 4.69) is 30.6 Å². The van der Waals surface area contributed by atoms with Crippen molar-refractivity contribution in [1.82, 2.24) is 25.3 Å². The Morgan fingerprint density at radius 1 is 1.08 bits per heavy atom. The molecule has 0 spiro atoms. The molecule has 0 saturated heterocycles. The van der Waals surface area contributed by atoms with Crippen LogP contribution < -0.4 is 20.1 Å². The van der Waals surface area contributed by atoms with Gasteiger partial charge in [0.1, 0.15) is 12.1 Å². The van der Waals surface area contributed by atoms with Gasteiger partial charge in [-0.05, 0) is 17.7 Å². The zero-order valence-corrected chi connectivity index (χ0v) is 21.3. The van der Waals surface area contributed by atoms with Crippen molar-refractivity contribution < 1.29 is 18.7 Å². The van der Waals surface area contributed by atoms with Crippen LogP contribution >= 0.6 is 13.5 Å². The minimum atomic E-state index is -0.655. The molecule has 0 radical (unpaired) electrons. The van der Waals surface area contributed by atoms with Crippen LogP contribution in [0.3, 0.4) is 0 Å². The molecule has 188 valence electrons. The maximum Gasteiger partial charge on any atom is 0.257 e. The van der Waals surface area contributed by atoms with E-state index >= 15 is 0 Å². The third kappa shape index (κ3) is 5.30. The molecule has 0 bridgehead atoms. The van der Waals surface area contributed by atoms with Crippen molar-refractivity contribution in [3.05, 3.63) is 65.9 Å². The fourth-order valence-corrected chi connectivity index (χ4v) is 3.81. The lowest BCUT2D eigenvalue weighted by Crippen LogP contribution is -2.20. The Hall–Kier alpha value is -3.99. The first-order valence-electron chi connectivity index (χ1n) is 10.9. The number of fused-ring (bicyclic) bond motifs is 1. The largest absolute Gasteiger partial charge is 0.491 e. The zero-order chi connectivity index (χ0) is 24.9. The Morgan fingerprint density at radius 3 is 2.61 bits per heavy atom. The number of nitrogens with zero attached hydrogens (tertiary/aromatic N) is 4. The lowest BCUT2D eigenvalue weighted by atomic mass is 9.96. The minimum Gasteiger partial charge on any atom is -0.491 e. The second kappa shape index (κ2) is 11.6. The molecule has 0 fully saturated rings. The van der Waals surface area contributed by atoms with Gasteiger partial charge in [0.2, 0.25) is 0 Å². The third-order valence-corrected chi connectivity index (χ3v) is 5.62. The van der Waals surface area contributed by atoms with E-state index in [1.165, 1.54) is 20.5 Å². The van der Waals surface area contributed by atoms with Gasteiger partial charge in [-0.15, -0.1) is 0 Å². The average Bonchev–Trinajstić information content (AvgIpc) is 2.90. The Kier molecular flexibility index (Phi) is 8.59. The molecule has 3 heterocycles. The van der Waals surface area contributed by atoms with Gasteiger partial charge < -0.3 is 20.1 Å². The normalized spacial score (nSPS) is 11.4. The predicted octanol–water partition coefficient (Wildman–Crippen LogP) is 3.93. The standard InChI is InChI=1S/C25H25FN6O3.H2S/c1-14(15-6-5-7-16-22(24(33)27-2)17(26)12-29-23(15)16)11-28-21-10-19(30-13-31-21)18-8-9-20(34-3)25(32-18)35-4;/h5-10,12-14H,11H2,1-4H3,(H,27,33)(H,28,30,31);1H2/t14-;/m1./s1. The van der Waals surface area contributed by atoms with E-state index in [1.54, 1.807) is 37.4 Å². The zero-order valence-electron chi connectivity index (χ0n) is 20.3. The molecule has 0 aliphatic rings. The second-order valence-corrected chi connectivity index (χ2v) is 7.78. The fraction of sp³-hybridized carbons (Fsp3) is 0.240. The van der Waals surface area contributed by atoms with Gasteiger partial charge in [0.05, 0.1) is 42.9 Å². The number of carbonyl (C=O) groups is 1. The molecule has 1 atom stereocenters. The van der Waals surface area contributed by atoms with Crippen LogP contribution in [0.25, 0.3) is 22.3 Å². The molecular weight excluding hydrogens is 483 g/mol. The monoisotopic (exact) mass is 510 g/mol. The highest BCUT2D eigenvalue weighted by Gasteiger charge is 2.19. The average molecular weight is 511 g/mol. The highest BCUT2D eigenvalue weighted by Crippen LogP contribution is 2.29. The summed E-state index contributed by atoms with van der Waals surface area (Å²) in [4.78, 5) is 29.6. The number of halogens is 1. The molecule has 1 amide bonds. The number of aromatic nitrogens is 4. The molecule has 4 rings (SSSR count). The van der Waals surface area contributed by atoms with Crippen molar-refractivity contribution in [2.24, 2.45) is 0 Å². The first kappa shape index (κ1) is 26.6. The number of anilines is 1. The van der Waals surface area contributed by atoms with Crippen LogP contribution in [0.1, 0.15) is 28.8 Å². The summed E-state index contributed by atoms with van der Waals surface area (Å²) >= 11 is 0. The van der Waals surface area contributed by atoms with Gasteiger partial charge in [-0.1, -0.05) is 25.1 Å². The van der Waals surface area contributed by atoms with Gasteiger partial charge in [0.15, 0.2) is 11.6 Å². The maximum absolute atomic E-state index is 14.4. The van der Waals surface area contributed by atoms with E-state index in [0.29, 0.717) is 46.3 Å². The fourth-order valence-electron chi connectivity index (χ4n) is 3.81. The van der Waals surface area contributed by atoms with Gasteiger partial charge >= 0.3 is 0 Å². The molecule has 2 N–H and O–H groups in total. The van der Waals surface area contributed by atoms with Crippen LogP contribution in [0.5, 0.6) is 11.6 Å². The number of benzene rings is 1. The summed E-state index contributed by atoms with van der Waals surface area (Å²) in [5.74, 6) is 0.339. The van der Waals surface area contributed by atoms with Crippen LogP contribution in [0.2, 0.25) is 0 Å². The SMILES string of the molecule is CNC(=O)c1c(F)cnc2c([C@H](C)CNc3cc(-c4ccc(OC)c(OC)n4)ncn3)cccc12.S. The molecule has 0 unspecified atom stereocenters. The highest BCUT2D eigenvalue weighted by molar-refractivity contribution is 7.59. The maximum atomic E-state index is 14.4. The molecular formula is C25H27FN6O3S. The minimum absolute atomic E-state index is 0. The lowest BCUT2D eigenvalue weighted by Gasteiger charge is -2.17. The topological polar surface area (TPSA) is 111 Å². The summed E-state index contributed by atoms with van der Waals surface area (Å²) in [5, 5.41) is 6.27. The molecule has 4 aromatic rings. The van der Waals surface area contributed by atoms with E-state index in [0.717, 1.165) is 11.8 Å². The van der Waals surface area contributed by atoms with Crippen molar-refractivity contribution in [2.75, 3.05) is 33.1 Å². The molecule has 36 heavy (non-hydrogen) atoms. The number of methoxy groups -OCH3 is 2. The van der Waals surface area contributed by atoms with Crippen LogP contribution in [0.15, 0.2) is 48.9 Å². The Bertz CT molecular complexity index is 1390. The molecule has 3 aromatic heterocycles. The lowest BCUT2D eigenvalue weighted by molar-refractivity contribution is 0.0960. The van der Waals surface area contributed by atoms with Gasteiger partial charge in [0, 0.05) is 31.0 Å². The van der Waals surface area contributed by atoms with Crippen molar-refractivity contribution in [1.29, 1.82) is 0 Å². The van der Waals surface area contributed by atoms with Gasteiger partial charge in [0.25, 0.3) is 11.8 Å². The molecule has 0 aliphatic carbocycles. The Morgan fingerprint density at radius 2 is 1.89 bits per heavy atom. The van der Waals surface area contributed by atoms with Gasteiger partial charge in [-0.2, -0.15) is 13.5 Å². The van der Waals surface area contributed by atoms with Crippen molar-refractivity contribution in [3.8, 4) is 23.0 Å². The van der Waals surface area contributed by atoms with E-state index in [4.69, 9.17) is 9.47 Å². The summed E-state index contributed by atoms with van der Waals surface area (Å²) < 4.78 is 24.9. The third-order valence-electron chi connectivity index (χ3n) is 5.62. The van der Waals surface area contributed by atoms with E-state index < -0.39 is 11.7 Å². The second-order valence-electron chi connectivity index (χ2n) is 7.78. The Labute approximate surface area is 215 Å². The molecule has 9 nitrogen and oxygen atoms in total. The number of ether oxygens (including phenoxy) is 2. The van der Waals surface area contributed by atoms with Crippen LogP contribution in [0.4, 0.5) is 10.2 Å². The van der Waals surface area contributed by atoms with Crippen molar-refractivity contribution in [3.63, 3.8) is 0 Å². The number of hydrogen-bond acceptors (Lipinski definition) is 8. The first-order valence-corrected chi connectivity index (χ1v) is 10.9. The number of pyridine rings is 2. The summed E-state index contributed by atoms with van der Waals surface area (Å²) in [6.45, 7) is 2.54.